The number of fused-ring (bicyclic) bond motifs is 1. The molecule has 20 heavy (non-hydrogen) atoms. The predicted octanol–water partition coefficient (Wildman–Crippen LogP) is 1.48. The van der Waals surface area contributed by atoms with Crippen molar-refractivity contribution < 1.29 is 0 Å². The molecule has 0 atom stereocenters. The topological polar surface area (TPSA) is 75.0 Å². The molecule has 5 nitrogen and oxygen atoms in total. The number of hydrogen-bond donors (Lipinski definition) is 2. The molecule has 3 N–H and O–H groups in total. The fraction of sp³-hybridized carbons (Fsp3) is 0.333. The van der Waals surface area contributed by atoms with Gasteiger partial charge in [0.1, 0.15) is 11.6 Å². The van der Waals surface area contributed by atoms with Gasteiger partial charge in [-0.1, -0.05) is 19.1 Å². The van der Waals surface area contributed by atoms with Crippen molar-refractivity contribution in [3.63, 3.8) is 0 Å². The summed E-state index contributed by atoms with van der Waals surface area (Å²) in [5, 5.41) is 0. The maximum absolute atomic E-state index is 11.7. The lowest BCUT2D eigenvalue weighted by Crippen LogP contribution is -2.33. The summed E-state index contributed by atoms with van der Waals surface area (Å²) in [6.07, 6.45) is 1.64. The van der Waals surface area contributed by atoms with Crippen LogP contribution in [-0.4, -0.2) is 16.5 Å². The maximum Gasteiger partial charge on any atom is 0.252 e. The van der Waals surface area contributed by atoms with Gasteiger partial charge in [0.15, 0.2) is 0 Å². The zero-order valence-electron chi connectivity index (χ0n) is 11.5. The van der Waals surface area contributed by atoms with Crippen molar-refractivity contribution in [3.8, 4) is 0 Å². The third kappa shape index (κ3) is 2.27. The second kappa shape index (κ2) is 5.00. The second-order valence-electron chi connectivity index (χ2n) is 5.06. The third-order valence-corrected chi connectivity index (χ3v) is 3.75. The highest BCUT2D eigenvalue weighted by Crippen LogP contribution is 2.26. The number of benzene rings is 1. The second-order valence-corrected chi connectivity index (χ2v) is 5.06. The standard InChI is InChI=1S/C15H18N4O/c1-2-13-17-14(8-15(20)18-13)19-7-6-10-4-3-5-12(16)11(10)9-19/h3-5,8H,2,6-7,9,16H2,1H3,(H,17,18,20). The van der Waals surface area contributed by atoms with Crippen LogP contribution in [0.5, 0.6) is 0 Å². The van der Waals surface area contributed by atoms with Crippen molar-refractivity contribution in [2.45, 2.75) is 26.3 Å². The van der Waals surface area contributed by atoms with Gasteiger partial charge in [-0.25, -0.2) is 4.98 Å². The number of nitrogens with zero attached hydrogens (tertiary/aromatic N) is 2. The van der Waals surface area contributed by atoms with Crippen molar-refractivity contribution in [1.82, 2.24) is 9.97 Å². The van der Waals surface area contributed by atoms with Gasteiger partial charge in [-0.05, 0) is 23.6 Å². The van der Waals surface area contributed by atoms with E-state index in [1.54, 1.807) is 6.07 Å². The summed E-state index contributed by atoms with van der Waals surface area (Å²) in [6, 6.07) is 7.59. The first-order chi connectivity index (χ1) is 9.67. The summed E-state index contributed by atoms with van der Waals surface area (Å²) < 4.78 is 0. The van der Waals surface area contributed by atoms with Crippen molar-refractivity contribution >= 4 is 11.5 Å². The minimum atomic E-state index is -0.0984. The number of aryl methyl sites for hydroxylation is 1. The zero-order valence-corrected chi connectivity index (χ0v) is 11.5. The Kier molecular flexibility index (Phi) is 3.18. The predicted molar refractivity (Wildman–Crippen MR) is 79.8 cm³/mol. The van der Waals surface area contributed by atoms with Crippen LogP contribution in [0.15, 0.2) is 29.1 Å². The number of nitrogens with two attached hydrogens (primary N) is 1. The average Bonchev–Trinajstić information content (AvgIpc) is 2.46. The van der Waals surface area contributed by atoms with Crippen LogP contribution in [0.25, 0.3) is 0 Å². The van der Waals surface area contributed by atoms with E-state index in [-0.39, 0.29) is 5.56 Å². The van der Waals surface area contributed by atoms with Crippen molar-refractivity contribution in [2.24, 2.45) is 0 Å². The van der Waals surface area contributed by atoms with Crippen LogP contribution < -0.4 is 16.2 Å². The van der Waals surface area contributed by atoms with Crippen LogP contribution in [0.4, 0.5) is 11.5 Å². The summed E-state index contributed by atoms with van der Waals surface area (Å²) in [4.78, 5) is 21.1. The number of hydrogen-bond acceptors (Lipinski definition) is 4. The van der Waals surface area contributed by atoms with Crippen molar-refractivity contribution in [2.75, 3.05) is 17.2 Å². The Hall–Kier alpha value is -2.30. The molecule has 0 unspecified atom stereocenters. The Morgan fingerprint density at radius 3 is 3.10 bits per heavy atom. The molecule has 0 amide bonds. The van der Waals surface area contributed by atoms with Crippen LogP contribution in [0.3, 0.4) is 0 Å². The Labute approximate surface area is 117 Å². The average molecular weight is 270 g/mol. The molecule has 1 aromatic heterocycles. The molecular formula is C15H18N4O. The fourth-order valence-corrected chi connectivity index (χ4v) is 2.63. The van der Waals surface area contributed by atoms with Crippen LogP contribution in [0.1, 0.15) is 23.9 Å². The van der Waals surface area contributed by atoms with Crippen LogP contribution >= 0.6 is 0 Å². The normalized spacial score (nSPS) is 14.2. The zero-order chi connectivity index (χ0) is 14.1. The van der Waals surface area contributed by atoms with Gasteiger partial charge in [0, 0.05) is 31.3 Å². The van der Waals surface area contributed by atoms with E-state index in [1.165, 1.54) is 5.56 Å². The first kappa shape index (κ1) is 12.7. The summed E-state index contributed by atoms with van der Waals surface area (Å²) in [6.45, 7) is 3.54. The van der Waals surface area contributed by atoms with E-state index in [2.05, 4.69) is 20.9 Å². The van der Waals surface area contributed by atoms with Crippen LogP contribution in [0.2, 0.25) is 0 Å². The number of aromatic amines is 1. The molecule has 1 aliphatic rings. The molecule has 3 rings (SSSR count). The number of nitrogen functional groups attached to an aromatic ring is 1. The first-order valence-electron chi connectivity index (χ1n) is 6.89. The minimum absolute atomic E-state index is 0.0984. The molecule has 1 aromatic carbocycles. The molecule has 0 saturated heterocycles. The molecule has 1 aliphatic heterocycles. The number of aromatic nitrogens is 2. The first-order valence-corrected chi connectivity index (χ1v) is 6.89. The van der Waals surface area contributed by atoms with Crippen molar-refractivity contribution in [1.29, 1.82) is 0 Å². The highest BCUT2D eigenvalue weighted by Gasteiger charge is 2.19. The van der Waals surface area contributed by atoms with Gasteiger partial charge in [-0.2, -0.15) is 0 Å². The van der Waals surface area contributed by atoms with Gasteiger partial charge in [-0.15, -0.1) is 0 Å². The van der Waals surface area contributed by atoms with Gasteiger partial charge in [0.05, 0.1) is 0 Å². The Morgan fingerprint density at radius 1 is 1.45 bits per heavy atom. The summed E-state index contributed by atoms with van der Waals surface area (Å²) in [5.74, 6) is 1.46. The number of rotatable bonds is 2. The quantitative estimate of drug-likeness (QED) is 0.810. The Morgan fingerprint density at radius 2 is 2.30 bits per heavy atom. The van der Waals surface area contributed by atoms with E-state index in [9.17, 15) is 4.79 Å². The Balaban J connectivity index is 1.96. The lowest BCUT2D eigenvalue weighted by molar-refractivity contribution is 0.714. The third-order valence-electron chi connectivity index (χ3n) is 3.75. The SMILES string of the molecule is CCc1nc(N2CCc3cccc(N)c3C2)cc(=O)[nH]1. The van der Waals surface area contributed by atoms with E-state index < -0.39 is 0 Å². The van der Waals surface area contributed by atoms with Crippen LogP contribution in [-0.2, 0) is 19.4 Å². The summed E-state index contributed by atoms with van der Waals surface area (Å²) in [7, 11) is 0. The molecule has 2 aromatic rings. The molecule has 0 spiro atoms. The number of anilines is 2. The molecule has 104 valence electrons. The lowest BCUT2D eigenvalue weighted by Gasteiger charge is -2.30. The molecule has 0 radical (unpaired) electrons. The molecule has 5 heteroatoms. The Bertz CT molecular complexity index is 693. The molecule has 0 bridgehead atoms. The largest absolute Gasteiger partial charge is 0.398 e. The van der Waals surface area contributed by atoms with E-state index in [1.807, 2.05) is 19.1 Å². The summed E-state index contributed by atoms with van der Waals surface area (Å²) >= 11 is 0. The number of H-pyrrole nitrogens is 1. The maximum atomic E-state index is 11.7. The van der Waals surface area contributed by atoms with Gasteiger partial charge < -0.3 is 15.6 Å². The van der Waals surface area contributed by atoms with E-state index >= 15 is 0 Å². The minimum Gasteiger partial charge on any atom is -0.398 e. The van der Waals surface area contributed by atoms with E-state index in [4.69, 9.17) is 5.73 Å². The van der Waals surface area contributed by atoms with E-state index in [0.29, 0.717) is 6.54 Å². The van der Waals surface area contributed by atoms with Gasteiger partial charge in [0.2, 0.25) is 0 Å². The fourth-order valence-electron chi connectivity index (χ4n) is 2.63. The van der Waals surface area contributed by atoms with Gasteiger partial charge in [-0.3, -0.25) is 4.79 Å². The summed E-state index contributed by atoms with van der Waals surface area (Å²) in [5.41, 5.74) is 9.21. The lowest BCUT2D eigenvalue weighted by atomic mass is 9.98. The van der Waals surface area contributed by atoms with Crippen molar-refractivity contribution in [3.05, 3.63) is 51.6 Å². The highest BCUT2D eigenvalue weighted by molar-refractivity contribution is 5.55. The highest BCUT2D eigenvalue weighted by atomic mass is 16.1. The molecule has 0 aliphatic carbocycles. The van der Waals surface area contributed by atoms with Gasteiger partial charge >= 0.3 is 0 Å². The molecular weight excluding hydrogens is 252 g/mol. The van der Waals surface area contributed by atoms with E-state index in [0.717, 1.165) is 42.3 Å². The molecule has 0 fully saturated rings. The molecule has 0 saturated carbocycles. The smallest absolute Gasteiger partial charge is 0.252 e. The van der Waals surface area contributed by atoms with Gasteiger partial charge in [0.25, 0.3) is 5.56 Å². The monoisotopic (exact) mass is 270 g/mol. The number of nitrogens with one attached hydrogen (secondary N) is 1. The van der Waals surface area contributed by atoms with Crippen LogP contribution in [0, 0.1) is 0 Å². The molecule has 2 heterocycles.